The van der Waals surface area contributed by atoms with E-state index < -0.39 is 10.0 Å². The molecule has 6 nitrogen and oxygen atoms in total. The summed E-state index contributed by atoms with van der Waals surface area (Å²) in [7, 11) is -3.47. The fourth-order valence-electron chi connectivity index (χ4n) is 3.31. The van der Waals surface area contributed by atoms with Gasteiger partial charge in [0.25, 0.3) is 5.91 Å². The van der Waals surface area contributed by atoms with Gasteiger partial charge in [0.1, 0.15) is 12.4 Å². The summed E-state index contributed by atoms with van der Waals surface area (Å²) in [6.45, 7) is 5.12. The number of benzene rings is 3. The molecule has 3 aromatic carbocycles. The van der Waals surface area contributed by atoms with Crippen molar-refractivity contribution in [1.82, 2.24) is 5.32 Å². The molecule has 0 aliphatic carbocycles. The van der Waals surface area contributed by atoms with Gasteiger partial charge in [-0.05, 0) is 53.4 Å². The molecule has 0 radical (unpaired) electrons. The molecule has 0 fully saturated rings. The summed E-state index contributed by atoms with van der Waals surface area (Å²) in [5.41, 5.74) is 3.06. The Morgan fingerprint density at radius 1 is 0.939 bits per heavy atom. The molecule has 33 heavy (non-hydrogen) atoms. The van der Waals surface area contributed by atoms with Gasteiger partial charge in [-0.3, -0.25) is 9.10 Å². The third-order valence-corrected chi connectivity index (χ3v) is 6.33. The van der Waals surface area contributed by atoms with Crippen LogP contribution in [-0.2, 0) is 16.6 Å². The Hall–Kier alpha value is -3.32. The topological polar surface area (TPSA) is 75.7 Å². The summed E-state index contributed by atoms with van der Waals surface area (Å²) in [5.74, 6) is 0.919. The van der Waals surface area contributed by atoms with Gasteiger partial charge in [-0.15, -0.1) is 0 Å². The third-order valence-electron chi connectivity index (χ3n) is 5.19. The first-order valence-electron chi connectivity index (χ1n) is 10.9. The lowest BCUT2D eigenvalue weighted by Gasteiger charge is -2.23. The summed E-state index contributed by atoms with van der Waals surface area (Å²) in [6.07, 6.45) is 1.20. The lowest BCUT2D eigenvalue weighted by atomic mass is 10.0. The number of carbonyl (C=O) groups excluding carboxylic acids is 1. The van der Waals surface area contributed by atoms with Crippen LogP contribution in [0.25, 0.3) is 0 Å². The van der Waals surface area contributed by atoms with E-state index in [-0.39, 0.29) is 12.5 Å². The van der Waals surface area contributed by atoms with Gasteiger partial charge in [0, 0.05) is 5.56 Å². The fourth-order valence-corrected chi connectivity index (χ4v) is 4.19. The molecule has 174 valence electrons. The van der Waals surface area contributed by atoms with Crippen molar-refractivity contribution in [3.05, 3.63) is 95.6 Å². The molecule has 1 amide bonds. The van der Waals surface area contributed by atoms with Crippen LogP contribution in [0, 0.1) is 0 Å². The molecule has 0 bridgehead atoms. The van der Waals surface area contributed by atoms with Gasteiger partial charge in [0.15, 0.2) is 0 Å². The average molecular weight is 467 g/mol. The summed E-state index contributed by atoms with van der Waals surface area (Å²) in [6, 6.07) is 23.9. The lowest BCUT2D eigenvalue weighted by Crippen LogP contribution is -2.29. The minimum absolute atomic E-state index is 0.187. The largest absolute Gasteiger partial charge is 0.492 e. The van der Waals surface area contributed by atoms with E-state index in [1.807, 2.05) is 54.6 Å². The Balaban J connectivity index is 1.59. The predicted molar refractivity (Wildman–Crippen MR) is 132 cm³/mol. The van der Waals surface area contributed by atoms with Crippen LogP contribution in [0.15, 0.2) is 78.9 Å². The van der Waals surface area contributed by atoms with E-state index in [0.29, 0.717) is 30.3 Å². The second-order valence-corrected chi connectivity index (χ2v) is 10.0. The van der Waals surface area contributed by atoms with E-state index in [1.165, 1.54) is 10.6 Å². The van der Waals surface area contributed by atoms with Crippen LogP contribution >= 0.6 is 0 Å². The van der Waals surface area contributed by atoms with E-state index >= 15 is 0 Å². The summed E-state index contributed by atoms with van der Waals surface area (Å²) >= 11 is 0. The van der Waals surface area contributed by atoms with Crippen molar-refractivity contribution in [3.63, 3.8) is 0 Å². The maximum Gasteiger partial charge on any atom is 0.251 e. The SMILES string of the molecule is CC(C)c1ccc(N(Cc2ccc(C(=O)NCCOc3ccccc3)cc2)S(C)(=O)=O)cc1. The normalized spacial score (nSPS) is 11.3. The first-order valence-corrected chi connectivity index (χ1v) is 12.7. The monoisotopic (exact) mass is 466 g/mol. The second-order valence-electron chi connectivity index (χ2n) is 8.13. The molecule has 0 atom stereocenters. The molecule has 1 N–H and O–H groups in total. The maximum absolute atomic E-state index is 12.4. The quantitative estimate of drug-likeness (QED) is 0.444. The fraction of sp³-hybridized carbons (Fsp3) is 0.269. The van der Waals surface area contributed by atoms with Crippen LogP contribution in [0.5, 0.6) is 5.75 Å². The molecular weight excluding hydrogens is 436 g/mol. The zero-order valence-corrected chi connectivity index (χ0v) is 20.0. The number of rotatable bonds is 10. The summed E-state index contributed by atoms with van der Waals surface area (Å²) in [4.78, 5) is 12.4. The molecule has 0 aromatic heterocycles. The number of nitrogens with one attached hydrogen (secondary N) is 1. The summed E-state index contributed by atoms with van der Waals surface area (Å²) < 4.78 is 31.8. The van der Waals surface area contributed by atoms with Crippen molar-refractivity contribution in [2.24, 2.45) is 0 Å². The number of ether oxygens (including phenoxy) is 1. The predicted octanol–water partition coefficient (Wildman–Crippen LogP) is 4.59. The van der Waals surface area contributed by atoms with E-state index in [9.17, 15) is 13.2 Å². The molecule has 0 saturated heterocycles. The van der Waals surface area contributed by atoms with Gasteiger partial charge in [-0.25, -0.2) is 8.42 Å². The van der Waals surface area contributed by atoms with Crippen molar-refractivity contribution in [1.29, 1.82) is 0 Å². The minimum atomic E-state index is -3.47. The number of carbonyl (C=O) groups is 1. The zero-order valence-electron chi connectivity index (χ0n) is 19.2. The van der Waals surface area contributed by atoms with Gasteiger partial charge in [0.05, 0.1) is 25.0 Å². The molecule has 3 aromatic rings. The van der Waals surface area contributed by atoms with Crippen LogP contribution in [0.3, 0.4) is 0 Å². The molecule has 3 rings (SSSR count). The maximum atomic E-state index is 12.4. The molecule has 0 saturated carbocycles. The highest BCUT2D eigenvalue weighted by molar-refractivity contribution is 7.92. The molecule has 0 aliphatic heterocycles. The van der Waals surface area contributed by atoms with Crippen LogP contribution in [0.4, 0.5) is 5.69 Å². The number of hydrogen-bond acceptors (Lipinski definition) is 4. The van der Waals surface area contributed by atoms with E-state index in [4.69, 9.17) is 4.74 Å². The Kier molecular flexibility index (Phi) is 8.11. The van der Waals surface area contributed by atoms with Gasteiger partial charge < -0.3 is 10.1 Å². The van der Waals surface area contributed by atoms with Crippen molar-refractivity contribution in [2.75, 3.05) is 23.7 Å². The molecular formula is C26H30N2O4S. The Morgan fingerprint density at radius 3 is 2.15 bits per heavy atom. The lowest BCUT2D eigenvalue weighted by molar-refractivity contribution is 0.0947. The van der Waals surface area contributed by atoms with E-state index in [0.717, 1.165) is 16.9 Å². The number of sulfonamides is 1. The zero-order chi connectivity index (χ0) is 23.8. The highest BCUT2D eigenvalue weighted by Gasteiger charge is 2.18. The molecule has 0 heterocycles. The van der Waals surface area contributed by atoms with Crippen molar-refractivity contribution in [3.8, 4) is 5.75 Å². The summed E-state index contributed by atoms with van der Waals surface area (Å²) in [5, 5.41) is 2.82. The van der Waals surface area contributed by atoms with Gasteiger partial charge in [0.2, 0.25) is 10.0 Å². The van der Waals surface area contributed by atoms with Gasteiger partial charge in [-0.2, -0.15) is 0 Å². The first kappa shape index (κ1) is 24.3. The van der Waals surface area contributed by atoms with Crippen molar-refractivity contribution >= 4 is 21.6 Å². The number of anilines is 1. The molecule has 0 spiro atoms. The van der Waals surface area contributed by atoms with Gasteiger partial charge in [-0.1, -0.05) is 56.3 Å². The minimum Gasteiger partial charge on any atom is -0.492 e. The Bertz CT molecular complexity index is 1140. The molecule has 0 aliphatic rings. The average Bonchev–Trinajstić information content (AvgIpc) is 2.80. The molecule has 7 heteroatoms. The Morgan fingerprint density at radius 2 is 1.58 bits per heavy atom. The van der Waals surface area contributed by atoms with Crippen LogP contribution in [0.1, 0.15) is 41.3 Å². The second kappa shape index (κ2) is 11.0. The van der Waals surface area contributed by atoms with Crippen molar-refractivity contribution < 1.29 is 17.9 Å². The number of hydrogen-bond donors (Lipinski definition) is 1. The smallest absolute Gasteiger partial charge is 0.251 e. The number of nitrogens with zero attached hydrogens (tertiary/aromatic N) is 1. The standard InChI is InChI=1S/C26H30N2O4S/c1-20(2)22-13-15-24(16-14-22)28(33(3,30)31)19-21-9-11-23(12-10-21)26(29)27-17-18-32-25-7-5-4-6-8-25/h4-16,20H,17-19H2,1-3H3,(H,27,29). The first-order chi connectivity index (χ1) is 15.7. The van der Waals surface area contributed by atoms with Gasteiger partial charge >= 0.3 is 0 Å². The van der Waals surface area contributed by atoms with Crippen LogP contribution < -0.4 is 14.4 Å². The van der Waals surface area contributed by atoms with Crippen LogP contribution in [0.2, 0.25) is 0 Å². The van der Waals surface area contributed by atoms with E-state index in [1.54, 1.807) is 24.3 Å². The molecule has 0 unspecified atom stereocenters. The number of amides is 1. The van der Waals surface area contributed by atoms with Crippen molar-refractivity contribution in [2.45, 2.75) is 26.3 Å². The van der Waals surface area contributed by atoms with Crippen LogP contribution in [-0.4, -0.2) is 33.7 Å². The number of para-hydroxylation sites is 1. The Labute approximate surface area is 196 Å². The third kappa shape index (κ3) is 7.08. The highest BCUT2D eigenvalue weighted by Crippen LogP contribution is 2.24. The highest BCUT2D eigenvalue weighted by atomic mass is 32.2. The van der Waals surface area contributed by atoms with E-state index in [2.05, 4.69) is 19.2 Å².